The minimum atomic E-state index is -0.854. The molecule has 0 atom stereocenters. The molecule has 90 valence electrons. The van der Waals surface area contributed by atoms with Crippen LogP contribution in [0.4, 0.5) is 5.69 Å². The summed E-state index contributed by atoms with van der Waals surface area (Å²) in [6, 6.07) is 9.12. The summed E-state index contributed by atoms with van der Waals surface area (Å²) in [6.45, 7) is 0. The molecular weight excluding hydrogens is 216 g/mol. The smallest absolute Gasteiger partial charge is 0.307 e. The van der Waals surface area contributed by atoms with Crippen LogP contribution in [0.2, 0.25) is 0 Å². The summed E-state index contributed by atoms with van der Waals surface area (Å²) in [5, 5.41) is 8.67. The van der Waals surface area contributed by atoms with Gasteiger partial charge in [0.05, 0.1) is 17.8 Å². The van der Waals surface area contributed by atoms with E-state index in [1.54, 1.807) is 12.1 Å². The highest BCUT2D eigenvalue weighted by Gasteiger charge is 2.05. The zero-order chi connectivity index (χ0) is 11.5. The minimum Gasteiger partial charge on any atom is -0.481 e. The fourth-order valence-corrected chi connectivity index (χ4v) is 1.62. The normalized spacial score (nSPS) is 9.65. The van der Waals surface area contributed by atoms with E-state index >= 15 is 0 Å². The molecule has 4 heteroatoms. The summed E-state index contributed by atoms with van der Waals surface area (Å²) in [6.07, 6.45) is 3.78. The molecule has 0 radical (unpaired) electrons. The van der Waals surface area contributed by atoms with Gasteiger partial charge in [-0.15, -0.1) is 0 Å². The lowest BCUT2D eigenvalue weighted by atomic mass is 10.1. The third-order valence-electron chi connectivity index (χ3n) is 2.33. The zero-order valence-electron chi connectivity index (χ0n) is 8.63. The average molecular weight is 232 g/mol. The Morgan fingerprint density at radius 2 is 1.94 bits per heavy atom. The zero-order valence-corrected chi connectivity index (χ0v) is 8.63. The largest absolute Gasteiger partial charge is 0.481 e. The second-order valence-corrected chi connectivity index (χ2v) is 3.55. The highest BCUT2D eigenvalue weighted by Crippen LogP contribution is 2.19. The Kier molecular flexibility index (Phi) is 3.93. The first-order valence-electron chi connectivity index (χ1n) is 4.90. The lowest BCUT2D eigenvalue weighted by molar-refractivity contribution is -0.136. The lowest BCUT2D eigenvalue weighted by Crippen LogP contribution is -2.03. The van der Waals surface area contributed by atoms with Gasteiger partial charge in [0.25, 0.3) is 0 Å². The van der Waals surface area contributed by atoms with Gasteiger partial charge in [-0.25, -0.2) is 0 Å². The van der Waals surface area contributed by atoms with Crippen LogP contribution in [0.25, 0.3) is 5.69 Å². The van der Waals surface area contributed by atoms with Gasteiger partial charge in [-0.2, -0.15) is 0 Å². The summed E-state index contributed by atoms with van der Waals surface area (Å²) >= 11 is 0. The van der Waals surface area contributed by atoms with Crippen molar-refractivity contribution in [2.45, 2.75) is 13.8 Å². The molecule has 0 fully saturated rings. The summed E-state index contributed by atoms with van der Waals surface area (Å²) in [5.74, 6) is -0.854. The number of aromatic nitrogens is 1. The molecule has 1 aromatic carbocycles. The Morgan fingerprint density at radius 1 is 1.29 bits per heavy atom. The molecule has 2 rings (SSSR count). The van der Waals surface area contributed by atoms with Crippen LogP contribution >= 0.6 is 0 Å². The minimum absolute atomic E-state index is 0. The fraction of sp³-hybridized carbons (Fsp3) is 0.154. The van der Waals surface area contributed by atoms with E-state index in [0.717, 1.165) is 5.69 Å². The van der Waals surface area contributed by atoms with Crippen molar-refractivity contribution in [3.63, 3.8) is 0 Å². The number of carbonyl (C=O) groups is 1. The molecule has 1 heterocycles. The maximum atomic E-state index is 10.5. The second kappa shape index (κ2) is 5.21. The van der Waals surface area contributed by atoms with Gasteiger partial charge >= 0.3 is 5.97 Å². The van der Waals surface area contributed by atoms with Gasteiger partial charge in [-0.3, -0.25) is 4.79 Å². The monoisotopic (exact) mass is 232 g/mol. The van der Waals surface area contributed by atoms with E-state index in [0.29, 0.717) is 11.3 Å². The fourth-order valence-electron chi connectivity index (χ4n) is 1.62. The number of nitrogens with zero attached hydrogens (tertiary/aromatic N) is 1. The number of benzene rings is 1. The molecule has 0 aliphatic rings. The maximum Gasteiger partial charge on any atom is 0.307 e. The van der Waals surface area contributed by atoms with E-state index in [9.17, 15) is 4.79 Å². The third-order valence-corrected chi connectivity index (χ3v) is 2.33. The van der Waals surface area contributed by atoms with Crippen LogP contribution < -0.4 is 5.73 Å². The van der Waals surface area contributed by atoms with Crippen molar-refractivity contribution in [2.75, 3.05) is 5.73 Å². The summed E-state index contributed by atoms with van der Waals surface area (Å²) < 4.78 is 1.89. The molecule has 0 aliphatic heterocycles. The maximum absolute atomic E-state index is 10.5. The summed E-state index contributed by atoms with van der Waals surface area (Å²) in [4.78, 5) is 10.5. The standard InChI is InChI=1S/C12H12N2O2.CH4/c13-10-7-9(8-12(15)16)3-4-11(10)14-5-1-2-6-14;/h1-7H,8,13H2,(H,15,16);1H4. The average Bonchev–Trinajstić information content (AvgIpc) is 2.69. The first-order valence-corrected chi connectivity index (χ1v) is 4.90. The highest BCUT2D eigenvalue weighted by molar-refractivity contribution is 5.71. The van der Waals surface area contributed by atoms with Crippen molar-refractivity contribution in [3.8, 4) is 5.69 Å². The molecule has 4 nitrogen and oxygen atoms in total. The predicted molar refractivity (Wildman–Crippen MR) is 68.3 cm³/mol. The van der Waals surface area contributed by atoms with Gasteiger partial charge in [-0.1, -0.05) is 13.5 Å². The number of rotatable bonds is 3. The third kappa shape index (κ3) is 2.87. The highest BCUT2D eigenvalue weighted by atomic mass is 16.4. The lowest BCUT2D eigenvalue weighted by Gasteiger charge is -2.08. The number of nitrogen functional groups attached to an aromatic ring is 1. The van der Waals surface area contributed by atoms with Gasteiger partial charge in [0, 0.05) is 12.4 Å². The number of aliphatic carboxylic acids is 1. The Morgan fingerprint density at radius 3 is 2.47 bits per heavy atom. The van der Waals surface area contributed by atoms with Crippen LogP contribution in [-0.2, 0) is 11.2 Å². The van der Waals surface area contributed by atoms with Crippen LogP contribution in [0, 0.1) is 0 Å². The van der Waals surface area contributed by atoms with Gasteiger partial charge < -0.3 is 15.4 Å². The molecule has 0 unspecified atom stereocenters. The summed E-state index contributed by atoms with van der Waals surface area (Å²) in [5.41, 5.74) is 8.02. The first kappa shape index (κ1) is 12.8. The van der Waals surface area contributed by atoms with Crippen LogP contribution in [0.3, 0.4) is 0 Å². The van der Waals surface area contributed by atoms with Gasteiger partial charge in [-0.05, 0) is 29.8 Å². The van der Waals surface area contributed by atoms with Crippen molar-refractivity contribution in [1.29, 1.82) is 0 Å². The molecule has 0 saturated heterocycles. The number of carboxylic acids is 1. The number of nitrogens with two attached hydrogens (primary N) is 1. The first-order chi connectivity index (χ1) is 7.66. The Labute approximate surface area is 100 Å². The molecular formula is C13H16N2O2. The molecule has 0 spiro atoms. The van der Waals surface area contributed by atoms with Crippen molar-refractivity contribution >= 4 is 11.7 Å². The Bertz CT molecular complexity index is 504. The van der Waals surface area contributed by atoms with Gasteiger partial charge in [0.2, 0.25) is 0 Å². The molecule has 2 aromatic rings. The molecule has 0 amide bonds. The number of hydrogen-bond acceptors (Lipinski definition) is 2. The van der Waals surface area contributed by atoms with E-state index < -0.39 is 5.97 Å². The van der Waals surface area contributed by atoms with Crippen molar-refractivity contribution in [3.05, 3.63) is 48.3 Å². The van der Waals surface area contributed by atoms with E-state index in [-0.39, 0.29) is 13.8 Å². The molecule has 0 bridgehead atoms. The predicted octanol–water partition coefficient (Wildman–Crippen LogP) is 2.32. The van der Waals surface area contributed by atoms with Gasteiger partial charge in [0.15, 0.2) is 0 Å². The van der Waals surface area contributed by atoms with E-state index in [1.165, 1.54) is 0 Å². The number of carboxylic acid groups (broad SMARTS) is 1. The van der Waals surface area contributed by atoms with E-state index in [4.69, 9.17) is 10.8 Å². The number of anilines is 1. The summed E-state index contributed by atoms with van der Waals surface area (Å²) in [7, 11) is 0. The topological polar surface area (TPSA) is 68.2 Å². The van der Waals surface area contributed by atoms with Crippen molar-refractivity contribution in [2.24, 2.45) is 0 Å². The van der Waals surface area contributed by atoms with Crippen LogP contribution in [0.5, 0.6) is 0 Å². The van der Waals surface area contributed by atoms with Crippen molar-refractivity contribution < 1.29 is 9.90 Å². The second-order valence-electron chi connectivity index (χ2n) is 3.55. The van der Waals surface area contributed by atoms with Gasteiger partial charge in [0.1, 0.15) is 0 Å². The van der Waals surface area contributed by atoms with Crippen LogP contribution in [-0.4, -0.2) is 15.6 Å². The quantitative estimate of drug-likeness (QED) is 0.798. The Balaban J connectivity index is 0.00000144. The van der Waals surface area contributed by atoms with E-state index in [2.05, 4.69) is 0 Å². The molecule has 1 aromatic heterocycles. The van der Waals surface area contributed by atoms with Crippen LogP contribution in [0.15, 0.2) is 42.7 Å². The Hall–Kier alpha value is -2.23. The number of hydrogen-bond donors (Lipinski definition) is 2. The van der Waals surface area contributed by atoms with Crippen molar-refractivity contribution in [1.82, 2.24) is 4.57 Å². The molecule has 0 saturated carbocycles. The SMILES string of the molecule is C.Nc1cc(CC(=O)O)ccc1-n1cccc1. The molecule has 3 N–H and O–H groups in total. The molecule has 17 heavy (non-hydrogen) atoms. The molecule has 0 aliphatic carbocycles. The van der Waals surface area contributed by atoms with E-state index in [1.807, 2.05) is 35.2 Å². The van der Waals surface area contributed by atoms with Crippen LogP contribution in [0.1, 0.15) is 13.0 Å².